The number of aliphatic hydroxyl groups excluding tert-OH is 1. The minimum absolute atomic E-state index is 0.0367. The first-order valence-corrected chi connectivity index (χ1v) is 11.2. The van der Waals surface area contributed by atoms with E-state index in [0.717, 1.165) is 29.5 Å². The van der Waals surface area contributed by atoms with Crippen LogP contribution in [0.5, 0.6) is 5.75 Å². The lowest BCUT2D eigenvalue weighted by atomic mass is 9.93. The Balaban J connectivity index is 1.14. The topological polar surface area (TPSA) is 41.9 Å². The van der Waals surface area contributed by atoms with Gasteiger partial charge in [-0.3, -0.25) is 0 Å². The maximum absolute atomic E-state index is 13.5. The fourth-order valence-electron chi connectivity index (χ4n) is 4.93. The van der Waals surface area contributed by atoms with E-state index in [1.807, 2.05) is 18.2 Å². The number of hydrogen-bond donors (Lipinski definition) is 1. The van der Waals surface area contributed by atoms with Gasteiger partial charge < -0.3 is 19.5 Å². The van der Waals surface area contributed by atoms with Crippen molar-refractivity contribution in [2.45, 2.75) is 37.7 Å². The molecule has 6 heteroatoms. The highest BCUT2D eigenvalue weighted by molar-refractivity contribution is 5.87. The van der Waals surface area contributed by atoms with Crippen molar-refractivity contribution in [3.05, 3.63) is 48.0 Å². The molecule has 3 aliphatic rings. The van der Waals surface area contributed by atoms with Gasteiger partial charge in [0.1, 0.15) is 18.5 Å². The van der Waals surface area contributed by atoms with Crippen LogP contribution in [0.1, 0.15) is 31.2 Å². The lowest BCUT2D eigenvalue weighted by Gasteiger charge is -2.33. The van der Waals surface area contributed by atoms with Crippen LogP contribution in [0.3, 0.4) is 0 Å². The summed E-state index contributed by atoms with van der Waals surface area (Å²) in [6, 6.07) is 12.4. The zero-order chi connectivity index (χ0) is 21.5. The molecule has 166 valence electrons. The molecule has 2 fully saturated rings. The zero-order valence-corrected chi connectivity index (χ0v) is 17.7. The van der Waals surface area contributed by atoms with Crippen molar-refractivity contribution in [3.63, 3.8) is 0 Å². The summed E-state index contributed by atoms with van der Waals surface area (Å²) in [6.07, 6.45) is 3.50. The van der Waals surface area contributed by atoms with Crippen molar-refractivity contribution >= 4 is 16.3 Å². The van der Waals surface area contributed by atoms with Gasteiger partial charge in [0.25, 0.3) is 5.92 Å². The second-order valence-corrected chi connectivity index (χ2v) is 9.21. The summed E-state index contributed by atoms with van der Waals surface area (Å²) in [5.74, 6) is -1.75. The molecule has 0 amide bonds. The molecule has 1 saturated heterocycles. The summed E-state index contributed by atoms with van der Waals surface area (Å²) in [5, 5.41) is 12.6. The maximum Gasteiger partial charge on any atom is 0.254 e. The summed E-state index contributed by atoms with van der Waals surface area (Å²) in [6.45, 7) is 3.32. The molecule has 1 N–H and O–H groups in total. The first-order valence-electron chi connectivity index (χ1n) is 11.2. The number of benzene rings is 2. The van der Waals surface area contributed by atoms with Gasteiger partial charge in [-0.1, -0.05) is 24.3 Å². The molecule has 0 aromatic heterocycles. The monoisotopic (exact) mass is 429 g/mol. The fourth-order valence-corrected chi connectivity index (χ4v) is 4.93. The molecule has 2 aromatic carbocycles. The van der Waals surface area contributed by atoms with Crippen molar-refractivity contribution in [2.75, 3.05) is 39.5 Å². The maximum atomic E-state index is 13.5. The second kappa shape index (κ2) is 8.15. The molecule has 2 heterocycles. The molecular formula is C25H29F2NO3. The standard InChI is InChI=1S/C25H29F2NO3/c26-25(27)17-24(25)7-9-28(10-8-24)15-22(29)16-31-23-4-3-20-13-19(1-2-21(20)14-23)18-5-11-30-12-6-18/h1-5,13-14,22,29H,6-12,15-17H2. The molecule has 4 nitrogen and oxygen atoms in total. The van der Waals surface area contributed by atoms with Crippen LogP contribution in [0, 0.1) is 5.41 Å². The molecule has 1 saturated carbocycles. The lowest BCUT2D eigenvalue weighted by Crippen LogP contribution is -2.42. The van der Waals surface area contributed by atoms with E-state index in [-0.39, 0.29) is 13.0 Å². The van der Waals surface area contributed by atoms with Crippen LogP contribution in [-0.2, 0) is 4.74 Å². The Bertz CT molecular complexity index is 982. The number of hydrogen-bond acceptors (Lipinski definition) is 4. The summed E-state index contributed by atoms with van der Waals surface area (Å²) in [7, 11) is 0. The first-order chi connectivity index (χ1) is 14.9. The fraction of sp³-hybridized carbons (Fsp3) is 0.520. The molecular weight excluding hydrogens is 400 g/mol. The van der Waals surface area contributed by atoms with Crippen LogP contribution in [0.4, 0.5) is 8.78 Å². The van der Waals surface area contributed by atoms with Crippen LogP contribution in [0.15, 0.2) is 42.5 Å². The highest BCUT2D eigenvalue weighted by Gasteiger charge is 2.70. The van der Waals surface area contributed by atoms with Gasteiger partial charge in [0, 0.05) is 18.4 Å². The lowest BCUT2D eigenvalue weighted by molar-refractivity contribution is 0.0138. The molecule has 2 aromatic rings. The Morgan fingerprint density at radius 3 is 2.55 bits per heavy atom. The Hall–Kier alpha value is -2.02. The van der Waals surface area contributed by atoms with Crippen LogP contribution in [0.2, 0.25) is 0 Å². The van der Waals surface area contributed by atoms with Gasteiger partial charge in [0.2, 0.25) is 0 Å². The second-order valence-electron chi connectivity index (χ2n) is 9.21. The number of nitrogens with zero attached hydrogens (tertiary/aromatic N) is 1. The number of alkyl halides is 2. The number of likely N-dealkylation sites (tertiary alicyclic amines) is 1. The van der Waals surface area contributed by atoms with E-state index in [0.29, 0.717) is 39.1 Å². The molecule has 0 radical (unpaired) electrons. The minimum Gasteiger partial charge on any atom is -0.491 e. The Morgan fingerprint density at radius 1 is 1.10 bits per heavy atom. The first kappa shape index (κ1) is 20.9. The molecule has 2 aliphatic heterocycles. The van der Waals surface area contributed by atoms with Crippen LogP contribution in [0.25, 0.3) is 16.3 Å². The van der Waals surface area contributed by atoms with Gasteiger partial charge in [0.05, 0.1) is 13.2 Å². The van der Waals surface area contributed by atoms with Gasteiger partial charge in [-0.05, 0) is 72.5 Å². The van der Waals surface area contributed by atoms with Crippen LogP contribution in [-0.4, -0.2) is 61.5 Å². The van der Waals surface area contributed by atoms with E-state index < -0.39 is 17.4 Å². The van der Waals surface area contributed by atoms with E-state index in [1.165, 1.54) is 11.1 Å². The number of fused-ring (bicyclic) bond motifs is 1. The van der Waals surface area contributed by atoms with Crippen LogP contribution >= 0.6 is 0 Å². The zero-order valence-electron chi connectivity index (χ0n) is 17.7. The van der Waals surface area contributed by atoms with E-state index in [1.54, 1.807) is 0 Å². The van der Waals surface area contributed by atoms with Crippen molar-refractivity contribution in [1.29, 1.82) is 0 Å². The van der Waals surface area contributed by atoms with Gasteiger partial charge in [-0.2, -0.15) is 0 Å². The van der Waals surface area contributed by atoms with Gasteiger partial charge in [-0.15, -0.1) is 0 Å². The van der Waals surface area contributed by atoms with Gasteiger partial charge in [-0.25, -0.2) is 8.78 Å². The van der Waals surface area contributed by atoms with E-state index in [9.17, 15) is 13.9 Å². The summed E-state index contributed by atoms with van der Waals surface area (Å²) in [4.78, 5) is 2.07. The third kappa shape index (κ3) is 4.34. The quantitative estimate of drug-likeness (QED) is 0.734. The third-order valence-electron chi connectivity index (χ3n) is 7.08. The summed E-state index contributed by atoms with van der Waals surface area (Å²) in [5.41, 5.74) is 1.80. The largest absolute Gasteiger partial charge is 0.491 e. The van der Waals surface area contributed by atoms with E-state index in [2.05, 4.69) is 29.2 Å². The number of rotatable bonds is 6. The van der Waals surface area contributed by atoms with Gasteiger partial charge >= 0.3 is 0 Å². The third-order valence-corrected chi connectivity index (χ3v) is 7.08. The van der Waals surface area contributed by atoms with E-state index >= 15 is 0 Å². The molecule has 1 aliphatic carbocycles. The number of aliphatic hydroxyl groups is 1. The molecule has 0 bridgehead atoms. The number of ether oxygens (including phenoxy) is 2. The molecule has 31 heavy (non-hydrogen) atoms. The smallest absolute Gasteiger partial charge is 0.254 e. The Morgan fingerprint density at radius 2 is 1.84 bits per heavy atom. The minimum atomic E-state index is -2.47. The Labute approximate surface area is 181 Å². The summed E-state index contributed by atoms with van der Waals surface area (Å²) < 4.78 is 38.2. The number of β-amino-alcohol motifs (C(OH)–C–C–N with tert-alkyl or cyclic N) is 1. The van der Waals surface area contributed by atoms with E-state index in [4.69, 9.17) is 9.47 Å². The molecule has 5 rings (SSSR count). The average Bonchev–Trinajstić information content (AvgIpc) is 3.33. The van der Waals surface area contributed by atoms with Crippen molar-refractivity contribution in [1.82, 2.24) is 4.90 Å². The molecule has 1 atom stereocenters. The average molecular weight is 430 g/mol. The SMILES string of the molecule is OC(COc1ccc2cc(C3=CCOCC3)ccc2c1)CN1CCC2(CC1)CC2(F)F. The predicted molar refractivity (Wildman–Crippen MR) is 117 cm³/mol. The molecule has 1 spiro atoms. The molecule has 1 unspecified atom stereocenters. The highest BCUT2D eigenvalue weighted by atomic mass is 19.3. The summed E-state index contributed by atoms with van der Waals surface area (Å²) >= 11 is 0. The van der Waals surface area contributed by atoms with Crippen LogP contribution < -0.4 is 4.74 Å². The number of halogens is 2. The van der Waals surface area contributed by atoms with Crippen molar-refractivity contribution < 1.29 is 23.4 Å². The predicted octanol–water partition coefficient (Wildman–Crippen LogP) is 4.50. The van der Waals surface area contributed by atoms with Gasteiger partial charge in [0.15, 0.2) is 0 Å². The Kier molecular flexibility index (Phi) is 5.49. The highest BCUT2D eigenvalue weighted by Crippen LogP contribution is 2.65. The van der Waals surface area contributed by atoms with Crippen molar-refractivity contribution in [3.8, 4) is 5.75 Å². The van der Waals surface area contributed by atoms with Crippen molar-refractivity contribution in [2.24, 2.45) is 5.41 Å². The number of piperidine rings is 1. The normalized spacial score (nSPS) is 23.5.